The maximum atomic E-state index is 12.3. The van der Waals surface area contributed by atoms with Crippen molar-refractivity contribution < 1.29 is 19.5 Å². The Labute approximate surface area is 113 Å². The number of carboxylic acid groups (broad SMARTS) is 1. The van der Waals surface area contributed by atoms with Gasteiger partial charge < -0.3 is 15.7 Å². The van der Waals surface area contributed by atoms with Crippen molar-refractivity contribution in [2.45, 2.75) is 34.6 Å². The minimum atomic E-state index is -1.19. The Kier molecular flexibility index (Phi) is 5.99. The summed E-state index contributed by atoms with van der Waals surface area (Å²) in [5.74, 6) is -3.46. The van der Waals surface area contributed by atoms with E-state index in [1.54, 1.807) is 20.8 Å². The van der Waals surface area contributed by atoms with Crippen molar-refractivity contribution in [3.63, 3.8) is 0 Å². The zero-order valence-electron chi connectivity index (χ0n) is 12.3. The van der Waals surface area contributed by atoms with E-state index in [1.807, 2.05) is 13.8 Å². The number of rotatable bonds is 6. The van der Waals surface area contributed by atoms with Crippen LogP contribution in [0.1, 0.15) is 34.6 Å². The van der Waals surface area contributed by atoms with Gasteiger partial charge in [-0.1, -0.05) is 34.6 Å². The normalized spacial score (nSPS) is 13.2. The second-order valence-corrected chi connectivity index (χ2v) is 6.22. The van der Waals surface area contributed by atoms with Crippen molar-refractivity contribution >= 4 is 17.8 Å². The van der Waals surface area contributed by atoms with Gasteiger partial charge in [0.05, 0.1) is 6.54 Å². The molecule has 0 aliphatic heterocycles. The van der Waals surface area contributed by atoms with Gasteiger partial charge in [0.15, 0.2) is 0 Å². The van der Waals surface area contributed by atoms with Crippen molar-refractivity contribution in [2.75, 3.05) is 13.1 Å². The van der Waals surface area contributed by atoms with Gasteiger partial charge in [0, 0.05) is 6.54 Å². The van der Waals surface area contributed by atoms with Crippen LogP contribution in [-0.2, 0) is 14.4 Å². The molecule has 0 aromatic carbocycles. The minimum Gasteiger partial charge on any atom is -0.481 e. The SMILES string of the molecule is CC(C)CN(CC(N)=O)C(=O)C(C(=O)O)C(C)(C)C. The molecule has 0 saturated heterocycles. The summed E-state index contributed by atoms with van der Waals surface area (Å²) in [6, 6.07) is 0. The molecule has 1 atom stereocenters. The number of primary amides is 1. The summed E-state index contributed by atoms with van der Waals surface area (Å²) < 4.78 is 0. The molecule has 0 heterocycles. The number of carbonyl (C=O) groups excluding carboxylic acids is 2. The van der Waals surface area contributed by atoms with Gasteiger partial charge in [-0.05, 0) is 11.3 Å². The van der Waals surface area contributed by atoms with Crippen LogP contribution in [0.2, 0.25) is 0 Å². The summed E-state index contributed by atoms with van der Waals surface area (Å²) in [6.45, 7) is 8.87. The molecular weight excluding hydrogens is 248 g/mol. The van der Waals surface area contributed by atoms with Gasteiger partial charge in [0.2, 0.25) is 11.8 Å². The van der Waals surface area contributed by atoms with Crippen LogP contribution in [0.3, 0.4) is 0 Å². The Balaban J connectivity index is 5.24. The third kappa shape index (κ3) is 5.72. The molecule has 0 aromatic heterocycles. The van der Waals surface area contributed by atoms with E-state index in [-0.39, 0.29) is 12.5 Å². The maximum absolute atomic E-state index is 12.3. The summed E-state index contributed by atoms with van der Waals surface area (Å²) in [5.41, 5.74) is 4.39. The number of carboxylic acids is 1. The van der Waals surface area contributed by atoms with Crippen LogP contribution in [0.4, 0.5) is 0 Å². The number of amides is 2. The summed E-state index contributed by atoms with van der Waals surface area (Å²) in [7, 11) is 0. The van der Waals surface area contributed by atoms with Crippen LogP contribution in [0.15, 0.2) is 0 Å². The third-order valence-electron chi connectivity index (χ3n) is 2.60. The van der Waals surface area contributed by atoms with Crippen molar-refractivity contribution in [3.8, 4) is 0 Å². The first-order valence-corrected chi connectivity index (χ1v) is 6.26. The highest BCUT2D eigenvalue weighted by Gasteiger charge is 2.40. The fourth-order valence-corrected chi connectivity index (χ4v) is 1.89. The molecule has 0 spiro atoms. The lowest BCUT2D eigenvalue weighted by Gasteiger charge is -2.32. The standard InChI is InChI=1S/C13H24N2O4/c1-8(2)6-15(7-9(14)16)11(17)10(12(18)19)13(3,4)5/h8,10H,6-7H2,1-5H3,(H2,14,16)(H,18,19). The molecule has 110 valence electrons. The summed E-state index contributed by atoms with van der Waals surface area (Å²) in [6.07, 6.45) is 0. The fraction of sp³-hybridized carbons (Fsp3) is 0.769. The topological polar surface area (TPSA) is 101 Å². The van der Waals surface area contributed by atoms with E-state index in [0.717, 1.165) is 0 Å². The van der Waals surface area contributed by atoms with Crippen LogP contribution in [0.5, 0.6) is 0 Å². The summed E-state index contributed by atoms with van der Waals surface area (Å²) in [5, 5.41) is 9.23. The quantitative estimate of drug-likeness (QED) is 0.695. The highest BCUT2D eigenvalue weighted by atomic mass is 16.4. The number of carbonyl (C=O) groups is 3. The lowest BCUT2D eigenvalue weighted by atomic mass is 9.79. The molecule has 0 rings (SSSR count). The van der Waals surface area contributed by atoms with Crippen LogP contribution >= 0.6 is 0 Å². The average molecular weight is 272 g/mol. The Hall–Kier alpha value is -1.59. The van der Waals surface area contributed by atoms with Gasteiger partial charge >= 0.3 is 5.97 Å². The predicted molar refractivity (Wildman–Crippen MR) is 71.2 cm³/mol. The van der Waals surface area contributed by atoms with Gasteiger partial charge in [0.1, 0.15) is 5.92 Å². The van der Waals surface area contributed by atoms with E-state index >= 15 is 0 Å². The molecule has 0 saturated carbocycles. The Morgan fingerprint density at radius 1 is 1.21 bits per heavy atom. The number of nitrogens with two attached hydrogens (primary N) is 1. The number of hydrogen-bond donors (Lipinski definition) is 2. The van der Waals surface area contributed by atoms with E-state index < -0.39 is 29.1 Å². The molecule has 2 amide bonds. The van der Waals surface area contributed by atoms with Crippen LogP contribution < -0.4 is 5.73 Å². The highest BCUT2D eigenvalue weighted by Crippen LogP contribution is 2.28. The van der Waals surface area contributed by atoms with Gasteiger partial charge in [-0.3, -0.25) is 14.4 Å². The van der Waals surface area contributed by atoms with Crippen LogP contribution in [0.25, 0.3) is 0 Å². The molecule has 0 fully saturated rings. The Morgan fingerprint density at radius 2 is 1.68 bits per heavy atom. The first kappa shape index (κ1) is 17.4. The monoisotopic (exact) mass is 272 g/mol. The first-order valence-electron chi connectivity index (χ1n) is 6.26. The lowest BCUT2D eigenvalue weighted by molar-refractivity contribution is -0.157. The van der Waals surface area contributed by atoms with Gasteiger partial charge in [0.25, 0.3) is 0 Å². The molecule has 0 aliphatic carbocycles. The zero-order valence-corrected chi connectivity index (χ0v) is 12.3. The van der Waals surface area contributed by atoms with Crippen molar-refractivity contribution in [2.24, 2.45) is 23.0 Å². The van der Waals surface area contributed by atoms with Crippen molar-refractivity contribution in [1.29, 1.82) is 0 Å². The van der Waals surface area contributed by atoms with Crippen LogP contribution in [0, 0.1) is 17.3 Å². The molecule has 0 bridgehead atoms. The number of aliphatic carboxylic acids is 1. The van der Waals surface area contributed by atoms with Crippen molar-refractivity contribution in [3.05, 3.63) is 0 Å². The van der Waals surface area contributed by atoms with Gasteiger partial charge in [-0.15, -0.1) is 0 Å². The van der Waals surface area contributed by atoms with E-state index in [1.165, 1.54) is 4.90 Å². The molecule has 3 N–H and O–H groups in total. The van der Waals surface area contributed by atoms with Crippen molar-refractivity contribution in [1.82, 2.24) is 4.90 Å². The molecule has 19 heavy (non-hydrogen) atoms. The molecular formula is C13H24N2O4. The second kappa shape index (κ2) is 6.54. The number of nitrogens with zero attached hydrogens (tertiary/aromatic N) is 1. The largest absolute Gasteiger partial charge is 0.481 e. The Bertz CT molecular complexity index is 358. The molecule has 0 radical (unpaired) electrons. The van der Waals surface area contributed by atoms with Gasteiger partial charge in [-0.25, -0.2) is 0 Å². The zero-order chi connectivity index (χ0) is 15.4. The summed E-state index contributed by atoms with van der Waals surface area (Å²) >= 11 is 0. The molecule has 6 heteroatoms. The minimum absolute atomic E-state index is 0.123. The van der Waals surface area contributed by atoms with E-state index in [9.17, 15) is 19.5 Å². The average Bonchev–Trinajstić information content (AvgIpc) is 2.11. The molecule has 6 nitrogen and oxygen atoms in total. The highest BCUT2D eigenvalue weighted by molar-refractivity contribution is 5.99. The van der Waals surface area contributed by atoms with Gasteiger partial charge in [-0.2, -0.15) is 0 Å². The summed E-state index contributed by atoms with van der Waals surface area (Å²) in [4.78, 5) is 35.9. The van der Waals surface area contributed by atoms with E-state index in [2.05, 4.69) is 0 Å². The smallest absolute Gasteiger partial charge is 0.316 e. The molecule has 0 aromatic rings. The number of hydrogen-bond acceptors (Lipinski definition) is 3. The van der Waals surface area contributed by atoms with Crippen LogP contribution in [-0.4, -0.2) is 40.9 Å². The Morgan fingerprint density at radius 3 is 1.95 bits per heavy atom. The lowest BCUT2D eigenvalue weighted by Crippen LogP contribution is -2.49. The molecule has 0 aliphatic rings. The first-order chi connectivity index (χ1) is 8.46. The predicted octanol–water partition coefficient (Wildman–Crippen LogP) is 0.703. The van der Waals surface area contributed by atoms with E-state index in [0.29, 0.717) is 6.54 Å². The third-order valence-corrected chi connectivity index (χ3v) is 2.60. The molecule has 1 unspecified atom stereocenters. The second-order valence-electron chi connectivity index (χ2n) is 6.22. The fourth-order valence-electron chi connectivity index (χ4n) is 1.89. The van der Waals surface area contributed by atoms with E-state index in [4.69, 9.17) is 5.73 Å². The maximum Gasteiger partial charge on any atom is 0.316 e.